The first-order chi connectivity index (χ1) is 11.8. The van der Waals surface area contributed by atoms with Crippen LogP contribution in [0.5, 0.6) is 5.75 Å². The fraction of sp³-hybridized carbons (Fsp3) is 0.389. The summed E-state index contributed by atoms with van der Waals surface area (Å²) in [6.45, 7) is 1.47. The van der Waals surface area contributed by atoms with Crippen LogP contribution in [0.15, 0.2) is 42.7 Å². The number of benzene rings is 1. The number of nitrogens with zero attached hydrogens (tertiary/aromatic N) is 4. The Morgan fingerprint density at radius 2 is 2.21 bits per heavy atom. The van der Waals surface area contributed by atoms with Gasteiger partial charge in [0.15, 0.2) is 6.61 Å². The van der Waals surface area contributed by atoms with Gasteiger partial charge in [-0.2, -0.15) is 10.4 Å². The summed E-state index contributed by atoms with van der Waals surface area (Å²) in [7, 11) is 0. The van der Waals surface area contributed by atoms with Crippen LogP contribution < -0.4 is 4.74 Å². The average Bonchev–Trinajstić information content (AvgIpc) is 3.16. The van der Waals surface area contributed by atoms with Crippen LogP contribution in [0.4, 0.5) is 0 Å². The quantitative estimate of drug-likeness (QED) is 0.845. The molecule has 0 aliphatic carbocycles. The van der Waals surface area contributed by atoms with Crippen LogP contribution in [0.2, 0.25) is 0 Å². The van der Waals surface area contributed by atoms with Crippen LogP contribution in [0.1, 0.15) is 24.4 Å². The zero-order valence-electron chi connectivity index (χ0n) is 13.5. The maximum atomic E-state index is 12.4. The van der Waals surface area contributed by atoms with Crippen molar-refractivity contribution in [1.82, 2.24) is 14.7 Å². The fourth-order valence-corrected chi connectivity index (χ4v) is 2.92. The molecule has 1 aromatic heterocycles. The molecule has 0 saturated carbocycles. The van der Waals surface area contributed by atoms with Gasteiger partial charge in [-0.25, -0.2) is 0 Å². The highest BCUT2D eigenvalue weighted by Crippen LogP contribution is 2.21. The number of rotatable bonds is 5. The zero-order chi connectivity index (χ0) is 16.8. The molecule has 1 aliphatic rings. The van der Waals surface area contributed by atoms with E-state index in [1.165, 1.54) is 0 Å². The minimum Gasteiger partial charge on any atom is -0.484 e. The van der Waals surface area contributed by atoms with Crippen molar-refractivity contribution in [3.05, 3.63) is 48.3 Å². The molecule has 1 amide bonds. The number of amides is 1. The molecule has 2 heterocycles. The van der Waals surface area contributed by atoms with Gasteiger partial charge >= 0.3 is 0 Å². The molecule has 6 nitrogen and oxygen atoms in total. The number of ether oxygens (including phenoxy) is 1. The van der Waals surface area contributed by atoms with Gasteiger partial charge < -0.3 is 9.64 Å². The summed E-state index contributed by atoms with van der Waals surface area (Å²) in [6.07, 6.45) is 6.09. The summed E-state index contributed by atoms with van der Waals surface area (Å²) in [5.41, 5.74) is 0.939. The number of aromatic nitrogens is 2. The second-order valence-electron chi connectivity index (χ2n) is 5.89. The Hall–Kier alpha value is -2.81. The molecule has 2 aromatic rings. The SMILES string of the molecule is N#CCc1ccc(OCC(=O)N2CCC[C@H](n3cccn3)C2)cc1. The molecule has 1 fully saturated rings. The van der Waals surface area contributed by atoms with E-state index >= 15 is 0 Å². The van der Waals surface area contributed by atoms with Crippen molar-refractivity contribution in [2.75, 3.05) is 19.7 Å². The summed E-state index contributed by atoms with van der Waals surface area (Å²) in [6, 6.07) is 11.5. The van der Waals surface area contributed by atoms with Crippen molar-refractivity contribution in [3.63, 3.8) is 0 Å². The zero-order valence-corrected chi connectivity index (χ0v) is 13.5. The average molecular weight is 324 g/mol. The van der Waals surface area contributed by atoms with Gasteiger partial charge in [-0.05, 0) is 36.6 Å². The van der Waals surface area contributed by atoms with Crippen molar-refractivity contribution in [2.24, 2.45) is 0 Å². The Bertz CT molecular complexity index is 704. The Morgan fingerprint density at radius 1 is 1.38 bits per heavy atom. The summed E-state index contributed by atoms with van der Waals surface area (Å²) in [4.78, 5) is 14.2. The first-order valence-electron chi connectivity index (χ1n) is 8.12. The molecule has 0 N–H and O–H groups in total. The van der Waals surface area contributed by atoms with E-state index in [1.54, 1.807) is 18.3 Å². The molecule has 124 valence electrons. The fourth-order valence-electron chi connectivity index (χ4n) is 2.92. The Balaban J connectivity index is 1.52. The third kappa shape index (κ3) is 3.93. The highest BCUT2D eigenvalue weighted by atomic mass is 16.5. The van der Waals surface area contributed by atoms with E-state index in [0.29, 0.717) is 18.7 Å². The first kappa shape index (κ1) is 16.1. The van der Waals surface area contributed by atoms with Crippen molar-refractivity contribution >= 4 is 5.91 Å². The molecule has 3 rings (SSSR count). The topological polar surface area (TPSA) is 71.2 Å². The van der Waals surface area contributed by atoms with Gasteiger partial charge in [-0.3, -0.25) is 9.48 Å². The van der Waals surface area contributed by atoms with E-state index < -0.39 is 0 Å². The van der Waals surface area contributed by atoms with Crippen molar-refractivity contribution in [1.29, 1.82) is 5.26 Å². The largest absolute Gasteiger partial charge is 0.484 e. The summed E-state index contributed by atoms with van der Waals surface area (Å²) < 4.78 is 7.51. The van der Waals surface area contributed by atoms with E-state index in [0.717, 1.165) is 24.9 Å². The van der Waals surface area contributed by atoms with E-state index in [4.69, 9.17) is 10.00 Å². The van der Waals surface area contributed by atoms with Gasteiger partial charge in [0.05, 0.1) is 18.5 Å². The van der Waals surface area contributed by atoms with E-state index in [-0.39, 0.29) is 18.6 Å². The van der Waals surface area contributed by atoms with Crippen LogP contribution in [0.3, 0.4) is 0 Å². The van der Waals surface area contributed by atoms with Crippen LogP contribution in [-0.2, 0) is 11.2 Å². The lowest BCUT2D eigenvalue weighted by atomic mass is 10.1. The number of nitriles is 1. The Morgan fingerprint density at radius 3 is 2.92 bits per heavy atom. The van der Waals surface area contributed by atoms with Crippen molar-refractivity contribution in [3.8, 4) is 11.8 Å². The van der Waals surface area contributed by atoms with Crippen molar-refractivity contribution in [2.45, 2.75) is 25.3 Å². The van der Waals surface area contributed by atoms with Crippen LogP contribution >= 0.6 is 0 Å². The molecule has 0 radical (unpaired) electrons. The monoisotopic (exact) mass is 324 g/mol. The van der Waals surface area contributed by atoms with Crippen molar-refractivity contribution < 1.29 is 9.53 Å². The number of carbonyl (C=O) groups is 1. The minimum absolute atomic E-state index is 0.00652. The summed E-state index contributed by atoms with van der Waals surface area (Å²) in [5, 5.41) is 12.9. The molecular formula is C18H20N4O2. The summed E-state index contributed by atoms with van der Waals surface area (Å²) in [5.74, 6) is 0.638. The smallest absolute Gasteiger partial charge is 0.260 e. The molecule has 0 unspecified atom stereocenters. The lowest BCUT2D eigenvalue weighted by molar-refractivity contribution is -0.135. The molecule has 1 aliphatic heterocycles. The van der Waals surface area contributed by atoms with Gasteiger partial charge in [0.1, 0.15) is 5.75 Å². The Labute approximate surface area is 141 Å². The first-order valence-corrected chi connectivity index (χ1v) is 8.12. The molecule has 1 atom stereocenters. The number of carbonyl (C=O) groups excluding carboxylic acids is 1. The molecule has 0 spiro atoms. The second-order valence-corrected chi connectivity index (χ2v) is 5.89. The second kappa shape index (κ2) is 7.64. The van der Waals surface area contributed by atoms with E-state index in [1.807, 2.05) is 34.0 Å². The van der Waals surface area contributed by atoms with Gasteiger partial charge in [0.2, 0.25) is 0 Å². The maximum Gasteiger partial charge on any atom is 0.260 e. The third-order valence-electron chi connectivity index (χ3n) is 4.22. The number of hydrogen-bond donors (Lipinski definition) is 0. The minimum atomic E-state index is -0.00652. The van der Waals surface area contributed by atoms with Gasteiger partial charge in [0, 0.05) is 25.5 Å². The normalized spacial score (nSPS) is 17.3. The Kier molecular flexibility index (Phi) is 5.12. The van der Waals surface area contributed by atoms with E-state index in [2.05, 4.69) is 11.2 Å². The lowest BCUT2D eigenvalue weighted by Gasteiger charge is -2.32. The molecular weight excluding hydrogens is 304 g/mol. The van der Waals surface area contributed by atoms with Crippen LogP contribution in [0, 0.1) is 11.3 Å². The molecule has 1 aromatic carbocycles. The van der Waals surface area contributed by atoms with Gasteiger partial charge in [-0.15, -0.1) is 0 Å². The highest BCUT2D eigenvalue weighted by Gasteiger charge is 2.25. The third-order valence-corrected chi connectivity index (χ3v) is 4.22. The van der Waals surface area contributed by atoms with Crippen LogP contribution in [-0.4, -0.2) is 40.3 Å². The molecule has 24 heavy (non-hydrogen) atoms. The number of likely N-dealkylation sites (tertiary alicyclic amines) is 1. The number of piperidine rings is 1. The standard InChI is InChI=1S/C18H20N4O2/c19-9-8-15-4-6-17(7-5-15)24-14-18(23)21-11-1-3-16(13-21)22-12-2-10-20-22/h2,4-7,10,12,16H,1,3,8,11,13-14H2/t16-/m0/s1. The number of hydrogen-bond acceptors (Lipinski definition) is 4. The predicted octanol–water partition coefficient (Wildman–Crippen LogP) is 2.19. The highest BCUT2D eigenvalue weighted by molar-refractivity contribution is 5.77. The van der Waals surface area contributed by atoms with Crippen LogP contribution in [0.25, 0.3) is 0 Å². The lowest BCUT2D eigenvalue weighted by Crippen LogP contribution is -2.43. The molecule has 6 heteroatoms. The molecule has 0 bridgehead atoms. The van der Waals surface area contributed by atoms with Gasteiger partial charge in [-0.1, -0.05) is 12.1 Å². The summed E-state index contributed by atoms with van der Waals surface area (Å²) >= 11 is 0. The maximum absolute atomic E-state index is 12.4. The molecule has 1 saturated heterocycles. The van der Waals surface area contributed by atoms with Gasteiger partial charge in [0.25, 0.3) is 5.91 Å². The predicted molar refractivity (Wildman–Crippen MR) is 88.3 cm³/mol. The van der Waals surface area contributed by atoms with E-state index in [9.17, 15) is 4.79 Å².